The van der Waals surface area contributed by atoms with Gasteiger partial charge in [0.25, 0.3) is 11.5 Å². The molecular formula is C29H23ClN6O4S. The van der Waals surface area contributed by atoms with Crippen molar-refractivity contribution >= 4 is 46.4 Å². The van der Waals surface area contributed by atoms with E-state index in [4.69, 9.17) is 17.3 Å². The first kappa shape index (κ1) is 27.7. The van der Waals surface area contributed by atoms with Gasteiger partial charge in [-0.05, 0) is 55.5 Å². The van der Waals surface area contributed by atoms with Gasteiger partial charge in [-0.15, -0.1) is 11.3 Å². The molecule has 0 unspecified atom stereocenters. The van der Waals surface area contributed by atoms with Crippen molar-refractivity contribution in [2.45, 2.75) is 20.0 Å². The summed E-state index contributed by atoms with van der Waals surface area (Å²) in [5, 5.41) is 7.75. The van der Waals surface area contributed by atoms with Gasteiger partial charge in [0.2, 0.25) is 11.7 Å². The lowest BCUT2D eigenvalue weighted by molar-refractivity contribution is 0.0944. The Bertz CT molecular complexity index is 1840. The van der Waals surface area contributed by atoms with Crippen molar-refractivity contribution in [1.82, 2.24) is 19.3 Å². The molecule has 0 aliphatic carbocycles. The molecule has 5 aromatic rings. The number of rotatable bonds is 9. The Morgan fingerprint density at radius 3 is 2.51 bits per heavy atom. The van der Waals surface area contributed by atoms with E-state index in [9.17, 15) is 19.2 Å². The molecule has 12 heteroatoms. The molecule has 0 aliphatic heterocycles. The molecule has 4 aromatic heterocycles. The number of amides is 1. The second kappa shape index (κ2) is 11.7. The van der Waals surface area contributed by atoms with E-state index in [1.165, 1.54) is 34.2 Å². The highest BCUT2D eigenvalue weighted by Gasteiger charge is 2.21. The summed E-state index contributed by atoms with van der Waals surface area (Å²) in [7, 11) is 0. The van der Waals surface area contributed by atoms with Crippen molar-refractivity contribution in [3.63, 3.8) is 0 Å². The number of hydrogen-bond donors (Lipinski definition) is 2. The van der Waals surface area contributed by atoms with Gasteiger partial charge in [0.1, 0.15) is 17.2 Å². The van der Waals surface area contributed by atoms with Crippen LogP contribution in [0, 0.1) is 6.92 Å². The molecule has 4 heterocycles. The summed E-state index contributed by atoms with van der Waals surface area (Å²) in [6, 6.07) is 19.5. The summed E-state index contributed by atoms with van der Waals surface area (Å²) >= 11 is 7.46. The van der Waals surface area contributed by atoms with Crippen LogP contribution < -0.4 is 16.6 Å². The van der Waals surface area contributed by atoms with Gasteiger partial charge >= 0.3 is 0 Å². The molecule has 0 saturated carbocycles. The van der Waals surface area contributed by atoms with Crippen LogP contribution in [0.1, 0.15) is 41.6 Å². The molecule has 41 heavy (non-hydrogen) atoms. The lowest BCUT2D eigenvalue weighted by atomic mass is 10.1. The highest BCUT2D eigenvalue weighted by molar-refractivity contribution is 7.16. The van der Waals surface area contributed by atoms with Crippen LogP contribution in [0.4, 0.5) is 5.82 Å². The van der Waals surface area contributed by atoms with Crippen molar-refractivity contribution in [1.29, 1.82) is 0 Å². The number of carbonyl (C=O) groups excluding carboxylic acids is 3. The Kier molecular flexibility index (Phi) is 7.90. The van der Waals surface area contributed by atoms with Crippen molar-refractivity contribution < 1.29 is 14.4 Å². The summed E-state index contributed by atoms with van der Waals surface area (Å²) in [6.45, 7) is 1.72. The number of ketones is 1. The number of anilines is 1. The van der Waals surface area contributed by atoms with Gasteiger partial charge in [-0.3, -0.25) is 28.7 Å². The number of pyridine rings is 2. The van der Waals surface area contributed by atoms with Crippen molar-refractivity contribution in [2.24, 2.45) is 5.73 Å². The topological polar surface area (TPSA) is 142 Å². The van der Waals surface area contributed by atoms with Crippen LogP contribution >= 0.6 is 22.9 Å². The number of nitrogens with one attached hydrogen (secondary N) is 1. The van der Waals surface area contributed by atoms with E-state index in [-0.39, 0.29) is 40.4 Å². The SMILES string of the molecule is Cc1ccc(-c2cc(NCc3ccc(Cl)s3)n(C(=O)c3cccc(C(N)=O)c3)n2)n(CC(=O)c2ccccn2)c1=O. The molecule has 0 radical (unpaired) electrons. The van der Waals surface area contributed by atoms with Crippen molar-refractivity contribution in [3.8, 4) is 11.4 Å². The number of thiophene rings is 1. The predicted octanol–water partition coefficient (Wildman–Crippen LogP) is 4.41. The minimum absolute atomic E-state index is 0.173. The normalized spacial score (nSPS) is 10.9. The maximum absolute atomic E-state index is 13.6. The highest BCUT2D eigenvalue weighted by Crippen LogP contribution is 2.26. The van der Waals surface area contributed by atoms with Crippen LogP contribution in [0.15, 0.2) is 83.8 Å². The second-order valence-corrected chi connectivity index (χ2v) is 10.9. The molecule has 0 saturated heterocycles. The smallest absolute Gasteiger partial charge is 0.280 e. The van der Waals surface area contributed by atoms with Gasteiger partial charge in [0, 0.05) is 33.8 Å². The maximum Gasteiger partial charge on any atom is 0.280 e. The minimum Gasteiger partial charge on any atom is -0.366 e. The Morgan fingerprint density at radius 1 is 1.00 bits per heavy atom. The molecule has 1 amide bonds. The Morgan fingerprint density at radius 2 is 1.80 bits per heavy atom. The van der Waals surface area contributed by atoms with Crippen LogP contribution in [0.2, 0.25) is 4.34 Å². The van der Waals surface area contributed by atoms with Gasteiger partial charge in [0.05, 0.1) is 23.1 Å². The zero-order chi connectivity index (χ0) is 29.1. The number of hydrogen-bond acceptors (Lipinski definition) is 8. The van der Waals surface area contributed by atoms with Crippen molar-refractivity contribution in [2.75, 3.05) is 5.32 Å². The lowest BCUT2D eigenvalue weighted by Crippen LogP contribution is -2.27. The Labute approximate surface area is 243 Å². The van der Waals surface area contributed by atoms with Gasteiger partial charge in [0.15, 0.2) is 0 Å². The first-order chi connectivity index (χ1) is 19.7. The largest absolute Gasteiger partial charge is 0.366 e. The van der Waals surface area contributed by atoms with Gasteiger partial charge in [-0.1, -0.05) is 29.8 Å². The van der Waals surface area contributed by atoms with E-state index in [2.05, 4.69) is 15.4 Å². The molecule has 0 fully saturated rings. The number of primary amides is 1. The second-order valence-electron chi connectivity index (χ2n) is 9.07. The molecule has 5 rings (SSSR count). The summed E-state index contributed by atoms with van der Waals surface area (Å²) < 4.78 is 3.09. The zero-order valence-electron chi connectivity index (χ0n) is 21.7. The Balaban J connectivity index is 1.58. The number of nitrogens with two attached hydrogens (primary N) is 1. The third kappa shape index (κ3) is 6.01. The van der Waals surface area contributed by atoms with E-state index in [0.717, 1.165) is 9.56 Å². The third-order valence-corrected chi connectivity index (χ3v) is 7.48. The van der Waals surface area contributed by atoms with E-state index >= 15 is 0 Å². The van der Waals surface area contributed by atoms with Crippen LogP contribution in [-0.4, -0.2) is 36.9 Å². The molecular weight excluding hydrogens is 564 g/mol. The molecule has 10 nitrogen and oxygen atoms in total. The lowest BCUT2D eigenvalue weighted by Gasteiger charge is -2.11. The van der Waals surface area contributed by atoms with Crippen LogP contribution in [0.5, 0.6) is 0 Å². The molecule has 0 atom stereocenters. The van der Waals surface area contributed by atoms with Gasteiger partial charge in [-0.2, -0.15) is 9.78 Å². The van der Waals surface area contributed by atoms with Crippen molar-refractivity contribution in [3.05, 3.63) is 121 Å². The van der Waals surface area contributed by atoms with E-state index in [1.807, 2.05) is 6.07 Å². The standard InChI is InChI=1S/C29H23ClN6O4S/c1-17-8-10-23(35(28(17)39)16-24(37)21-7-2-3-12-32-21)22-14-26(33-15-20-9-11-25(30)41-20)36(34-22)29(40)19-6-4-5-18(13-19)27(31)38/h2-14,33H,15-16H2,1H3,(H2,31,38). The molecule has 206 valence electrons. The molecule has 0 spiro atoms. The maximum atomic E-state index is 13.6. The first-order valence-electron chi connectivity index (χ1n) is 12.4. The molecule has 1 aromatic carbocycles. The van der Waals surface area contributed by atoms with E-state index in [1.54, 1.807) is 61.5 Å². The van der Waals surface area contributed by atoms with E-state index < -0.39 is 11.8 Å². The quantitative estimate of drug-likeness (QED) is 0.244. The number of nitrogens with zero attached hydrogens (tertiary/aromatic N) is 4. The van der Waals surface area contributed by atoms with Gasteiger partial charge < -0.3 is 11.1 Å². The third-order valence-electron chi connectivity index (χ3n) is 6.25. The highest BCUT2D eigenvalue weighted by atomic mass is 35.5. The van der Waals surface area contributed by atoms with E-state index in [0.29, 0.717) is 28.0 Å². The van der Waals surface area contributed by atoms with Crippen LogP contribution in [0.3, 0.4) is 0 Å². The van der Waals surface area contributed by atoms with Gasteiger partial charge in [-0.25, -0.2) is 0 Å². The first-order valence-corrected chi connectivity index (χ1v) is 13.6. The summed E-state index contributed by atoms with van der Waals surface area (Å²) in [5.74, 6) is -1.23. The number of Topliss-reactive ketones (excluding diaryl/α,β-unsaturated/α-hetero) is 1. The number of benzene rings is 1. The number of aryl methyl sites for hydroxylation is 1. The predicted molar refractivity (Wildman–Crippen MR) is 157 cm³/mol. The number of carbonyl (C=O) groups is 3. The zero-order valence-corrected chi connectivity index (χ0v) is 23.3. The molecule has 0 bridgehead atoms. The monoisotopic (exact) mass is 586 g/mol. The average Bonchev–Trinajstić information content (AvgIpc) is 3.60. The molecule has 3 N–H and O–H groups in total. The Hall–Kier alpha value is -4.87. The number of halogens is 1. The fraction of sp³-hybridized carbons (Fsp3) is 0.103. The summed E-state index contributed by atoms with van der Waals surface area (Å²) in [4.78, 5) is 56.6. The summed E-state index contributed by atoms with van der Waals surface area (Å²) in [5.41, 5.74) is 6.68. The van der Waals surface area contributed by atoms with Crippen LogP contribution in [-0.2, 0) is 13.1 Å². The summed E-state index contributed by atoms with van der Waals surface area (Å²) in [6.07, 6.45) is 1.51. The minimum atomic E-state index is -0.671. The van der Waals surface area contributed by atoms with Crippen LogP contribution in [0.25, 0.3) is 11.4 Å². The number of aromatic nitrogens is 4. The fourth-order valence-corrected chi connectivity index (χ4v) is 5.19. The molecule has 0 aliphatic rings. The fourth-order valence-electron chi connectivity index (χ4n) is 4.16. The average molecular weight is 587 g/mol.